The lowest BCUT2D eigenvalue weighted by Crippen LogP contribution is -2.50. The molecule has 0 radical (unpaired) electrons. The van der Waals surface area contributed by atoms with Crippen LogP contribution in [0.4, 0.5) is 13.2 Å². The summed E-state index contributed by atoms with van der Waals surface area (Å²) in [6.45, 7) is 2.60. The predicted molar refractivity (Wildman–Crippen MR) is 67.9 cm³/mol. The second kappa shape index (κ2) is 5.54. The molecule has 0 aromatic rings. The van der Waals surface area contributed by atoms with Gasteiger partial charge in [-0.1, -0.05) is 0 Å². The fourth-order valence-electron chi connectivity index (χ4n) is 3.33. The van der Waals surface area contributed by atoms with Gasteiger partial charge in [0.1, 0.15) is 0 Å². The lowest BCUT2D eigenvalue weighted by atomic mass is 9.80. The van der Waals surface area contributed by atoms with Crippen molar-refractivity contribution in [3.05, 3.63) is 0 Å². The Morgan fingerprint density at radius 1 is 1.25 bits per heavy atom. The maximum atomic E-state index is 12.6. The number of carbonyl (C=O) groups excluding carboxylic acids is 1. The van der Waals surface area contributed by atoms with E-state index in [9.17, 15) is 23.1 Å². The van der Waals surface area contributed by atoms with E-state index in [1.54, 1.807) is 11.8 Å². The van der Waals surface area contributed by atoms with Crippen LogP contribution < -0.4 is 0 Å². The molecule has 1 aliphatic heterocycles. The Morgan fingerprint density at radius 3 is 2.35 bits per heavy atom. The third-order valence-electron chi connectivity index (χ3n) is 4.53. The van der Waals surface area contributed by atoms with Gasteiger partial charge in [-0.3, -0.25) is 4.79 Å². The number of halogens is 3. The van der Waals surface area contributed by atoms with Crippen molar-refractivity contribution in [2.45, 2.75) is 57.2 Å². The Morgan fingerprint density at radius 2 is 1.85 bits per heavy atom. The third kappa shape index (κ3) is 3.65. The van der Waals surface area contributed by atoms with E-state index in [0.29, 0.717) is 32.4 Å². The molecule has 0 aromatic heterocycles. The Labute approximate surface area is 117 Å². The van der Waals surface area contributed by atoms with E-state index in [2.05, 4.69) is 0 Å². The first-order valence-corrected chi connectivity index (χ1v) is 7.27. The van der Waals surface area contributed by atoms with Gasteiger partial charge in [-0.05, 0) is 45.4 Å². The summed E-state index contributed by atoms with van der Waals surface area (Å²) >= 11 is 0. The molecule has 20 heavy (non-hydrogen) atoms. The molecule has 2 fully saturated rings. The van der Waals surface area contributed by atoms with E-state index in [0.717, 1.165) is 6.42 Å². The smallest absolute Gasteiger partial charge is 0.388 e. The zero-order valence-electron chi connectivity index (χ0n) is 11.7. The molecule has 0 bridgehead atoms. The van der Waals surface area contributed by atoms with E-state index in [1.807, 2.05) is 0 Å². The number of carbonyl (C=O) groups is 1. The van der Waals surface area contributed by atoms with Crippen LogP contribution in [0.2, 0.25) is 0 Å². The van der Waals surface area contributed by atoms with Gasteiger partial charge in [-0.25, -0.2) is 0 Å². The first-order chi connectivity index (χ1) is 9.19. The van der Waals surface area contributed by atoms with E-state index in [1.165, 1.54) is 0 Å². The Kier molecular flexibility index (Phi) is 4.33. The average Bonchev–Trinajstić information content (AvgIpc) is 2.36. The largest absolute Gasteiger partial charge is 0.391 e. The second-order valence-electron chi connectivity index (χ2n) is 6.45. The van der Waals surface area contributed by atoms with E-state index in [-0.39, 0.29) is 24.7 Å². The number of nitrogens with zero attached hydrogens (tertiary/aromatic N) is 1. The molecule has 1 saturated heterocycles. The van der Waals surface area contributed by atoms with Crippen LogP contribution in [0.3, 0.4) is 0 Å². The number of alkyl halides is 3. The minimum atomic E-state index is -4.14. The molecule has 116 valence electrons. The second-order valence-corrected chi connectivity index (χ2v) is 6.45. The van der Waals surface area contributed by atoms with E-state index < -0.39 is 17.7 Å². The fourth-order valence-corrected chi connectivity index (χ4v) is 3.33. The van der Waals surface area contributed by atoms with Gasteiger partial charge in [0.05, 0.1) is 11.5 Å². The summed E-state index contributed by atoms with van der Waals surface area (Å²) in [5.41, 5.74) is -0.864. The van der Waals surface area contributed by atoms with Gasteiger partial charge >= 0.3 is 6.18 Å². The van der Waals surface area contributed by atoms with Crippen molar-refractivity contribution in [2.75, 3.05) is 13.1 Å². The summed E-state index contributed by atoms with van der Waals surface area (Å²) in [6, 6.07) is 0. The molecule has 3 nitrogen and oxygen atoms in total. The maximum absolute atomic E-state index is 12.6. The first-order valence-electron chi connectivity index (χ1n) is 7.27. The van der Waals surface area contributed by atoms with Gasteiger partial charge in [0.2, 0.25) is 5.91 Å². The topological polar surface area (TPSA) is 40.5 Å². The Balaban J connectivity index is 1.89. The van der Waals surface area contributed by atoms with Crippen LogP contribution in [-0.4, -0.2) is 40.8 Å². The quantitative estimate of drug-likeness (QED) is 0.807. The van der Waals surface area contributed by atoms with Crippen LogP contribution in [0, 0.1) is 11.8 Å². The standard InChI is InChI=1S/C14H22F3NO2/c1-13(20)7-2-8-18(9-13)12(19)10-3-5-11(6-4-10)14(15,16)17/h10-11,20H,2-9H2,1H3. The van der Waals surface area contributed by atoms with Crippen molar-refractivity contribution in [2.24, 2.45) is 11.8 Å². The molecule has 1 aliphatic carbocycles. The molecule has 1 amide bonds. The summed E-state index contributed by atoms with van der Waals surface area (Å²) < 4.78 is 37.8. The van der Waals surface area contributed by atoms with Crippen molar-refractivity contribution in [3.63, 3.8) is 0 Å². The molecule has 1 atom stereocenters. The normalized spacial score (nSPS) is 36.0. The molecular weight excluding hydrogens is 271 g/mol. The maximum Gasteiger partial charge on any atom is 0.391 e. The number of likely N-dealkylation sites (tertiary alicyclic amines) is 1. The predicted octanol–water partition coefficient (Wildman–Crippen LogP) is 2.73. The van der Waals surface area contributed by atoms with E-state index >= 15 is 0 Å². The highest BCUT2D eigenvalue weighted by Gasteiger charge is 2.43. The van der Waals surface area contributed by atoms with Crippen LogP contribution in [-0.2, 0) is 4.79 Å². The average molecular weight is 293 g/mol. The molecule has 1 unspecified atom stereocenters. The first kappa shape index (κ1) is 15.6. The summed E-state index contributed by atoms with van der Waals surface area (Å²) in [4.78, 5) is 14.0. The molecule has 0 aromatic carbocycles. The summed E-state index contributed by atoms with van der Waals surface area (Å²) in [7, 11) is 0. The minimum Gasteiger partial charge on any atom is -0.388 e. The fraction of sp³-hybridized carbons (Fsp3) is 0.929. The van der Waals surface area contributed by atoms with Crippen LogP contribution in [0.5, 0.6) is 0 Å². The van der Waals surface area contributed by atoms with Gasteiger partial charge < -0.3 is 10.0 Å². The Hall–Kier alpha value is -0.780. The summed E-state index contributed by atoms with van der Waals surface area (Å²) in [5.74, 6) is -1.64. The van der Waals surface area contributed by atoms with Crippen LogP contribution in [0.15, 0.2) is 0 Å². The number of aliphatic hydroxyl groups is 1. The van der Waals surface area contributed by atoms with Gasteiger partial charge in [0.25, 0.3) is 0 Å². The summed E-state index contributed by atoms with van der Waals surface area (Å²) in [5, 5.41) is 10.00. The van der Waals surface area contributed by atoms with Gasteiger partial charge in [0, 0.05) is 19.0 Å². The van der Waals surface area contributed by atoms with Crippen molar-refractivity contribution in [1.82, 2.24) is 4.90 Å². The number of hydrogen-bond acceptors (Lipinski definition) is 2. The highest BCUT2D eigenvalue weighted by atomic mass is 19.4. The molecule has 1 saturated carbocycles. The number of hydrogen-bond donors (Lipinski definition) is 1. The number of rotatable bonds is 1. The zero-order chi connectivity index (χ0) is 15.0. The SMILES string of the molecule is CC1(O)CCCN(C(=O)C2CCC(C(F)(F)F)CC2)C1. The molecule has 0 spiro atoms. The molecule has 2 rings (SSSR count). The van der Waals surface area contributed by atoms with Gasteiger partial charge in [0.15, 0.2) is 0 Å². The molecule has 2 aliphatic rings. The molecule has 1 N–H and O–H groups in total. The number of amides is 1. The molecule has 1 heterocycles. The number of β-amino-alcohol motifs (C(OH)–C–C–N with tert-alkyl or cyclic N) is 1. The third-order valence-corrected chi connectivity index (χ3v) is 4.53. The van der Waals surface area contributed by atoms with Crippen LogP contribution in [0.25, 0.3) is 0 Å². The van der Waals surface area contributed by atoms with E-state index in [4.69, 9.17) is 0 Å². The highest BCUT2D eigenvalue weighted by Crippen LogP contribution is 2.40. The van der Waals surface area contributed by atoms with Crippen LogP contribution in [0.1, 0.15) is 45.4 Å². The monoisotopic (exact) mass is 293 g/mol. The molecule has 6 heteroatoms. The summed E-state index contributed by atoms with van der Waals surface area (Å²) in [6.07, 6.45) is -2.02. The minimum absolute atomic E-state index is 0.0458. The van der Waals surface area contributed by atoms with Crippen LogP contribution >= 0.6 is 0 Å². The van der Waals surface area contributed by atoms with Gasteiger partial charge in [-0.15, -0.1) is 0 Å². The lowest BCUT2D eigenvalue weighted by molar-refractivity contribution is -0.185. The zero-order valence-corrected chi connectivity index (χ0v) is 11.7. The van der Waals surface area contributed by atoms with Crippen molar-refractivity contribution >= 4 is 5.91 Å². The van der Waals surface area contributed by atoms with Crippen molar-refractivity contribution in [1.29, 1.82) is 0 Å². The Bertz CT molecular complexity index is 360. The lowest BCUT2D eigenvalue weighted by Gasteiger charge is -2.39. The van der Waals surface area contributed by atoms with Gasteiger partial charge in [-0.2, -0.15) is 13.2 Å². The highest BCUT2D eigenvalue weighted by molar-refractivity contribution is 5.79. The number of piperidine rings is 1. The van der Waals surface area contributed by atoms with Crippen molar-refractivity contribution in [3.8, 4) is 0 Å². The molecular formula is C14H22F3NO2. The van der Waals surface area contributed by atoms with Crippen molar-refractivity contribution < 1.29 is 23.1 Å².